The Hall–Kier alpha value is -2.11. The maximum absolute atomic E-state index is 10.8. The molecule has 6 nitrogen and oxygen atoms in total. The summed E-state index contributed by atoms with van der Waals surface area (Å²) in [5.74, 6) is 0.0130. The monoisotopic (exact) mass is 210 g/mol. The van der Waals surface area contributed by atoms with Crippen molar-refractivity contribution in [1.29, 1.82) is 0 Å². The number of ether oxygens (including phenoxy) is 1. The van der Waals surface area contributed by atoms with Gasteiger partial charge in [-0.25, -0.2) is 0 Å². The van der Waals surface area contributed by atoms with Gasteiger partial charge in [-0.3, -0.25) is 14.9 Å². The topological polar surface area (TPSA) is 81.5 Å². The lowest BCUT2D eigenvalue weighted by molar-refractivity contribution is -0.384. The van der Waals surface area contributed by atoms with Gasteiger partial charge in [0.1, 0.15) is 11.4 Å². The number of carbonyl (C=O) groups excluding carboxylic acids is 1. The van der Waals surface area contributed by atoms with Crippen LogP contribution in [0, 0.1) is 10.1 Å². The molecule has 0 aliphatic heterocycles. The Bertz CT molecular complexity index is 403. The first-order chi connectivity index (χ1) is 7.04. The van der Waals surface area contributed by atoms with Crippen molar-refractivity contribution in [2.45, 2.75) is 6.92 Å². The molecule has 1 aromatic rings. The lowest BCUT2D eigenvalue weighted by Gasteiger charge is -2.05. The summed E-state index contributed by atoms with van der Waals surface area (Å²) in [5, 5.41) is 13.0. The second kappa shape index (κ2) is 4.41. The highest BCUT2D eigenvalue weighted by molar-refractivity contribution is 5.91. The molecule has 0 saturated heterocycles. The average molecular weight is 210 g/mol. The van der Waals surface area contributed by atoms with Gasteiger partial charge in [-0.1, -0.05) is 0 Å². The van der Waals surface area contributed by atoms with Gasteiger partial charge < -0.3 is 10.1 Å². The van der Waals surface area contributed by atoms with Crippen molar-refractivity contribution in [2.24, 2.45) is 0 Å². The molecule has 6 heteroatoms. The molecule has 0 unspecified atom stereocenters. The number of methoxy groups -OCH3 is 1. The van der Waals surface area contributed by atoms with E-state index in [0.29, 0.717) is 5.75 Å². The van der Waals surface area contributed by atoms with Crippen molar-refractivity contribution in [2.75, 3.05) is 12.4 Å². The smallest absolute Gasteiger partial charge is 0.296 e. The molecule has 0 atom stereocenters. The van der Waals surface area contributed by atoms with Crippen LogP contribution in [0.2, 0.25) is 0 Å². The molecule has 15 heavy (non-hydrogen) atoms. The van der Waals surface area contributed by atoms with Gasteiger partial charge in [0.25, 0.3) is 5.69 Å². The second-order valence-electron chi connectivity index (χ2n) is 2.82. The number of hydrogen-bond donors (Lipinski definition) is 1. The van der Waals surface area contributed by atoms with E-state index >= 15 is 0 Å². The van der Waals surface area contributed by atoms with Crippen LogP contribution in [-0.2, 0) is 4.79 Å². The van der Waals surface area contributed by atoms with Gasteiger partial charge in [0.15, 0.2) is 0 Å². The molecular weight excluding hydrogens is 200 g/mol. The van der Waals surface area contributed by atoms with Gasteiger partial charge in [0.2, 0.25) is 5.91 Å². The van der Waals surface area contributed by atoms with E-state index in [1.807, 2.05) is 0 Å². The molecule has 0 aromatic heterocycles. The molecule has 0 bridgehead atoms. The minimum Gasteiger partial charge on any atom is -0.496 e. The first-order valence-corrected chi connectivity index (χ1v) is 4.14. The Kier molecular flexibility index (Phi) is 3.22. The van der Waals surface area contributed by atoms with Gasteiger partial charge in [-0.2, -0.15) is 0 Å². The Morgan fingerprint density at radius 3 is 2.67 bits per heavy atom. The molecule has 1 N–H and O–H groups in total. The number of nitro benzene ring substituents is 1. The van der Waals surface area contributed by atoms with Crippen molar-refractivity contribution in [1.82, 2.24) is 0 Å². The molecule has 0 saturated carbocycles. The molecule has 0 heterocycles. The molecular formula is C9H10N2O4. The van der Waals surface area contributed by atoms with Gasteiger partial charge in [0, 0.05) is 6.92 Å². The number of rotatable bonds is 3. The molecule has 0 fully saturated rings. The summed E-state index contributed by atoms with van der Waals surface area (Å²) in [6.07, 6.45) is 0. The minimum atomic E-state index is -0.576. The second-order valence-corrected chi connectivity index (χ2v) is 2.82. The van der Waals surface area contributed by atoms with Gasteiger partial charge in [-0.05, 0) is 12.1 Å². The predicted octanol–water partition coefficient (Wildman–Crippen LogP) is 1.56. The normalized spacial score (nSPS) is 9.47. The van der Waals surface area contributed by atoms with Gasteiger partial charge in [0.05, 0.1) is 18.1 Å². The molecule has 0 aliphatic rings. The van der Waals surface area contributed by atoms with Crippen molar-refractivity contribution in [3.63, 3.8) is 0 Å². The molecule has 0 spiro atoms. The lowest BCUT2D eigenvalue weighted by Crippen LogP contribution is -2.08. The summed E-state index contributed by atoms with van der Waals surface area (Å²) < 4.78 is 4.85. The highest BCUT2D eigenvalue weighted by Gasteiger charge is 2.15. The number of nitro groups is 1. The lowest BCUT2D eigenvalue weighted by atomic mass is 10.2. The van der Waals surface area contributed by atoms with Crippen LogP contribution in [0.1, 0.15) is 6.92 Å². The third-order valence-electron chi connectivity index (χ3n) is 1.71. The number of carbonyl (C=O) groups is 1. The quantitative estimate of drug-likeness (QED) is 0.606. The first kappa shape index (κ1) is 11.0. The van der Waals surface area contributed by atoms with E-state index in [4.69, 9.17) is 4.74 Å². The van der Waals surface area contributed by atoms with Gasteiger partial charge >= 0.3 is 0 Å². The molecule has 1 aromatic carbocycles. The van der Waals surface area contributed by atoms with Crippen molar-refractivity contribution < 1.29 is 14.5 Å². The Morgan fingerprint density at radius 1 is 1.53 bits per heavy atom. The Morgan fingerprint density at radius 2 is 2.20 bits per heavy atom. The van der Waals surface area contributed by atoms with E-state index < -0.39 is 4.92 Å². The SMILES string of the molecule is COc1ccc(NC(C)=O)c([N+](=O)[O-])c1. The summed E-state index contributed by atoms with van der Waals surface area (Å²) in [6.45, 7) is 1.29. The number of hydrogen-bond acceptors (Lipinski definition) is 4. The third-order valence-corrected chi connectivity index (χ3v) is 1.71. The zero-order chi connectivity index (χ0) is 11.4. The average Bonchev–Trinajstić information content (AvgIpc) is 2.17. The third kappa shape index (κ3) is 2.67. The molecule has 0 aliphatic carbocycles. The Labute approximate surface area is 86.0 Å². The van der Waals surface area contributed by atoms with E-state index in [2.05, 4.69) is 5.32 Å². The van der Waals surface area contributed by atoms with Crippen LogP contribution in [0.4, 0.5) is 11.4 Å². The molecule has 0 radical (unpaired) electrons. The number of nitrogens with zero attached hydrogens (tertiary/aromatic N) is 1. The van der Waals surface area contributed by atoms with E-state index in [0.717, 1.165) is 0 Å². The maximum atomic E-state index is 10.8. The Balaban J connectivity index is 3.15. The fourth-order valence-corrected chi connectivity index (χ4v) is 1.08. The molecule has 1 rings (SSSR count). The van der Waals surface area contributed by atoms with Crippen molar-refractivity contribution in [3.05, 3.63) is 28.3 Å². The fourth-order valence-electron chi connectivity index (χ4n) is 1.08. The first-order valence-electron chi connectivity index (χ1n) is 4.14. The maximum Gasteiger partial charge on any atom is 0.296 e. The fraction of sp³-hybridized carbons (Fsp3) is 0.222. The van der Waals surface area contributed by atoms with E-state index in [9.17, 15) is 14.9 Å². The summed E-state index contributed by atoms with van der Waals surface area (Å²) in [4.78, 5) is 20.9. The zero-order valence-corrected chi connectivity index (χ0v) is 8.31. The number of benzene rings is 1. The van der Waals surface area contributed by atoms with E-state index in [-0.39, 0.29) is 17.3 Å². The van der Waals surface area contributed by atoms with E-state index in [1.54, 1.807) is 0 Å². The zero-order valence-electron chi connectivity index (χ0n) is 8.31. The van der Waals surface area contributed by atoms with Crippen LogP contribution in [0.3, 0.4) is 0 Å². The van der Waals surface area contributed by atoms with Gasteiger partial charge in [-0.15, -0.1) is 0 Å². The summed E-state index contributed by atoms with van der Waals surface area (Å²) in [5.41, 5.74) is -0.0298. The van der Waals surface area contributed by atoms with Crippen LogP contribution in [0.5, 0.6) is 5.75 Å². The van der Waals surface area contributed by atoms with Crippen molar-refractivity contribution in [3.8, 4) is 5.75 Å². The predicted molar refractivity (Wildman–Crippen MR) is 54.0 cm³/mol. The number of anilines is 1. The molecule has 80 valence electrons. The number of amides is 1. The van der Waals surface area contributed by atoms with Crippen LogP contribution in [-0.4, -0.2) is 17.9 Å². The largest absolute Gasteiger partial charge is 0.496 e. The highest BCUT2D eigenvalue weighted by Crippen LogP contribution is 2.28. The summed E-state index contributed by atoms with van der Waals surface area (Å²) in [6, 6.07) is 4.22. The van der Waals surface area contributed by atoms with Crippen LogP contribution >= 0.6 is 0 Å². The standard InChI is InChI=1S/C9H10N2O4/c1-6(12)10-8-4-3-7(15-2)5-9(8)11(13)14/h3-5H,1-2H3,(H,10,12). The van der Waals surface area contributed by atoms with Crippen LogP contribution in [0.15, 0.2) is 18.2 Å². The van der Waals surface area contributed by atoms with Crippen LogP contribution in [0.25, 0.3) is 0 Å². The number of nitrogens with one attached hydrogen (secondary N) is 1. The highest BCUT2D eigenvalue weighted by atomic mass is 16.6. The minimum absolute atomic E-state index is 0.160. The van der Waals surface area contributed by atoms with Crippen LogP contribution < -0.4 is 10.1 Å². The van der Waals surface area contributed by atoms with Crippen molar-refractivity contribution >= 4 is 17.3 Å². The summed E-state index contributed by atoms with van der Waals surface area (Å²) >= 11 is 0. The molecule has 1 amide bonds. The summed E-state index contributed by atoms with van der Waals surface area (Å²) in [7, 11) is 1.41. The van der Waals surface area contributed by atoms with E-state index in [1.165, 1.54) is 32.2 Å².